The quantitative estimate of drug-likeness (QED) is 0.265. The molecule has 4 heteroatoms. The first-order valence-electron chi connectivity index (χ1n) is 13.4. The van der Waals surface area contributed by atoms with Crippen LogP contribution < -0.4 is 0 Å². The van der Waals surface area contributed by atoms with E-state index in [2.05, 4.69) is 38.8 Å². The van der Waals surface area contributed by atoms with Crippen LogP contribution in [0.4, 0.5) is 0 Å². The number of rotatable bonds is 10. The van der Waals surface area contributed by atoms with Crippen molar-refractivity contribution in [2.24, 2.45) is 17.3 Å². The Bertz CT molecular complexity index is 598. The number of ether oxygens (including phenoxy) is 1. The number of esters is 1. The number of ketones is 1. The Morgan fingerprint density at radius 1 is 1.03 bits per heavy atom. The Kier molecular flexibility index (Phi) is 11.8. The Hall–Kier alpha value is -1.32. The largest absolute Gasteiger partial charge is 0.466 e. The van der Waals surface area contributed by atoms with E-state index in [1.165, 1.54) is 64.2 Å². The zero-order valence-corrected chi connectivity index (χ0v) is 21.4. The SMILES string of the molecule is CC(C)CN1C=C(C(=O)CCC(=O)OCCCC2CCCCCCCCC2)C(C)(C)CC1. The van der Waals surface area contributed by atoms with Gasteiger partial charge in [0.05, 0.1) is 13.0 Å². The van der Waals surface area contributed by atoms with Crippen LogP contribution in [0.3, 0.4) is 0 Å². The van der Waals surface area contributed by atoms with Crippen molar-refractivity contribution in [2.45, 2.75) is 118 Å². The van der Waals surface area contributed by atoms with Gasteiger partial charge in [-0.1, -0.05) is 85.5 Å². The van der Waals surface area contributed by atoms with Gasteiger partial charge < -0.3 is 9.64 Å². The van der Waals surface area contributed by atoms with E-state index in [0.717, 1.165) is 37.4 Å². The smallest absolute Gasteiger partial charge is 0.306 e. The van der Waals surface area contributed by atoms with E-state index in [-0.39, 0.29) is 30.0 Å². The molecule has 184 valence electrons. The summed E-state index contributed by atoms with van der Waals surface area (Å²) in [6.45, 7) is 11.1. The Labute approximate surface area is 197 Å². The summed E-state index contributed by atoms with van der Waals surface area (Å²) in [5.41, 5.74) is 0.748. The molecule has 0 radical (unpaired) electrons. The van der Waals surface area contributed by atoms with Crippen molar-refractivity contribution in [2.75, 3.05) is 19.7 Å². The Balaban J connectivity index is 1.69. The van der Waals surface area contributed by atoms with Crippen molar-refractivity contribution >= 4 is 11.8 Å². The molecule has 0 unspecified atom stereocenters. The maximum atomic E-state index is 12.9. The van der Waals surface area contributed by atoms with Crippen molar-refractivity contribution in [1.29, 1.82) is 0 Å². The topological polar surface area (TPSA) is 46.6 Å². The first-order chi connectivity index (χ1) is 15.3. The van der Waals surface area contributed by atoms with Crippen LogP contribution >= 0.6 is 0 Å². The summed E-state index contributed by atoms with van der Waals surface area (Å²) in [4.78, 5) is 27.4. The number of hydrogen-bond acceptors (Lipinski definition) is 4. The molecule has 0 aromatic heterocycles. The maximum absolute atomic E-state index is 12.9. The van der Waals surface area contributed by atoms with Crippen LogP contribution in [0.15, 0.2) is 11.8 Å². The van der Waals surface area contributed by atoms with Crippen molar-refractivity contribution in [3.63, 3.8) is 0 Å². The standard InChI is InChI=1S/C28H49NO3/c1-23(2)21-29-19-18-28(3,4)25(22-29)26(30)16-17-27(31)32-20-12-15-24-13-10-8-6-5-7-9-11-14-24/h22-24H,5-21H2,1-4H3. The lowest BCUT2D eigenvalue weighted by molar-refractivity contribution is -0.144. The lowest BCUT2D eigenvalue weighted by Gasteiger charge is -2.37. The fourth-order valence-electron chi connectivity index (χ4n) is 5.21. The summed E-state index contributed by atoms with van der Waals surface area (Å²) < 4.78 is 5.48. The highest BCUT2D eigenvalue weighted by Crippen LogP contribution is 2.36. The van der Waals surface area contributed by atoms with Crippen LogP contribution in [0.25, 0.3) is 0 Å². The number of hydrogen-bond donors (Lipinski definition) is 0. The van der Waals surface area contributed by atoms with Gasteiger partial charge in [0.25, 0.3) is 0 Å². The second-order valence-electron chi connectivity index (χ2n) is 11.3. The van der Waals surface area contributed by atoms with Crippen molar-refractivity contribution in [3.8, 4) is 0 Å². The summed E-state index contributed by atoms with van der Waals surface area (Å²) in [5.74, 6) is 1.23. The van der Waals surface area contributed by atoms with Gasteiger partial charge in [0.15, 0.2) is 5.78 Å². The minimum atomic E-state index is -0.224. The molecule has 1 aliphatic heterocycles. The fourth-order valence-corrected chi connectivity index (χ4v) is 5.21. The molecule has 0 spiro atoms. The van der Waals surface area contributed by atoms with Crippen LogP contribution in [0, 0.1) is 17.3 Å². The number of Topliss-reactive ketones (excluding diaryl/α,β-unsaturated/α-hetero) is 1. The molecule has 0 saturated heterocycles. The highest BCUT2D eigenvalue weighted by molar-refractivity contribution is 5.98. The molecule has 2 aliphatic rings. The summed E-state index contributed by atoms with van der Waals surface area (Å²) in [7, 11) is 0. The first-order valence-corrected chi connectivity index (χ1v) is 13.4. The predicted molar refractivity (Wildman–Crippen MR) is 132 cm³/mol. The van der Waals surface area contributed by atoms with Crippen molar-refractivity contribution in [1.82, 2.24) is 4.90 Å². The van der Waals surface area contributed by atoms with Crippen LogP contribution in [-0.2, 0) is 14.3 Å². The molecular weight excluding hydrogens is 398 g/mol. The Morgan fingerprint density at radius 2 is 1.66 bits per heavy atom. The van der Waals surface area contributed by atoms with E-state index in [1.807, 2.05) is 0 Å². The second-order valence-corrected chi connectivity index (χ2v) is 11.3. The number of nitrogens with zero attached hydrogens (tertiary/aromatic N) is 1. The molecular formula is C28H49NO3. The monoisotopic (exact) mass is 447 g/mol. The molecule has 1 fully saturated rings. The number of allylic oxidation sites excluding steroid dienone is 1. The van der Waals surface area contributed by atoms with Gasteiger partial charge in [-0.05, 0) is 36.5 Å². The van der Waals surface area contributed by atoms with Gasteiger partial charge in [-0.2, -0.15) is 0 Å². The van der Waals surface area contributed by atoms with E-state index in [1.54, 1.807) is 0 Å². The third kappa shape index (κ3) is 10.1. The lowest BCUT2D eigenvalue weighted by atomic mass is 9.76. The molecule has 0 atom stereocenters. The zero-order valence-electron chi connectivity index (χ0n) is 21.4. The highest BCUT2D eigenvalue weighted by atomic mass is 16.5. The van der Waals surface area contributed by atoms with Gasteiger partial charge >= 0.3 is 5.97 Å². The summed E-state index contributed by atoms with van der Waals surface area (Å²) in [6, 6.07) is 0. The van der Waals surface area contributed by atoms with Crippen molar-refractivity contribution in [3.05, 3.63) is 11.8 Å². The van der Waals surface area contributed by atoms with Gasteiger partial charge in [-0.15, -0.1) is 0 Å². The third-order valence-corrected chi connectivity index (χ3v) is 7.27. The molecule has 0 aromatic rings. The zero-order chi connectivity index (χ0) is 23.4. The normalized spacial score (nSPS) is 20.7. The van der Waals surface area contributed by atoms with E-state index in [9.17, 15) is 9.59 Å². The number of carbonyl (C=O) groups excluding carboxylic acids is 2. The molecule has 1 aliphatic carbocycles. The molecule has 1 saturated carbocycles. The second kappa shape index (κ2) is 14.1. The lowest BCUT2D eigenvalue weighted by Crippen LogP contribution is -2.36. The number of carbonyl (C=O) groups is 2. The first kappa shape index (κ1) is 26.9. The minimum Gasteiger partial charge on any atom is -0.466 e. The van der Waals surface area contributed by atoms with E-state index < -0.39 is 0 Å². The van der Waals surface area contributed by atoms with Gasteiger partial charge in [0.2, 0.25) is 0 Å². The van der Waals surface area contributed by atoms with Crippen LogP contribution in [-0.4, -0.2) is 36.3 Å². The fraction of sp³-hybridized carbons (Fsp3) is 0.857. The average Bonchev–Trinajstić information content (AvgIpc) is 2.74. The third-order valence-electron chi connectivity index (χ3n) is 7.27. The van der Waals surface area contributed by atoms with E-state index in [0.29, 0.717) is 12.5 Å². The average molecular weight is 448 g/mol. The minimum absolute atomic E-state index is 0.0990. The molecule has 0 amide bonds. The summed E-state index contributed by atoms with van der Waals surface area (Å²) in [5, 5.41) is 0. The molecule has 0 aromatic carbocycles. The molecule has 32 heavy (non-hydrogen) atoms. The van der Waals surface area contributed by atoms with Crippen LogP contribution in [0.2, 0.25) is 0 Å². The van der Waals surface area contributed by atoms with Gasteiger partial charge in [0.1, 0.15) is 0 Å². The molecule has 0 bridgehead atoms. The predicted octanol–water partition coefficient (Wildman–Crippen LogP) is 7.07. The summed E-state index contributed by atoms with van der Waals surface area (Å²) >= 11 is 0. The van der Waals surface area contributed by atoms with Gasteiger partial charge in [-0.25, -0.2) is 0 Å². The molecule has 2 rings (SSSR count). The molecule has 4 nitrogen and oxygen atoms in total. The molecule has 1 heterocycles. The van der Waals surface area contributed by atoms with Crippen molar-refractivity contribution < 1.29 is 14.3 Å². The van der Waals surface area contributed by atoms with Crippen LogP contribution in [0.1, 0.15) is 118 Å². The van der Waals surface area contributed by atoms with Gasteiger partial charge in [-0.3, -0.25) is 9.59 Å². The van der Waals surface area contributed by atoms with Crippen LogP contribution in [0.5, 0.6) is 0 Å². The highest BCUT2D eigenvalue weighted by Gasteiger charge is 2.32. The van der Waals surface area contributed by atoms with E-state index in [4.69, 9.17) is 4.74 Å². The molecule has 0 N–H and O–H groups in total. The van der Waals surface area contributed by atoms with Gasteiger partial charge in [0, 0.05) is 31.3 Å². The Morgan fingerprint density at radius 3 is 2.28 bits per heavy atom. The maximum Gasteiger partial charge on any atom is 0.306 e. The summed E-state index contributed by atoms with van der Waals surface area (Å²) in [6.07, 6.45) is 17.9. The van der Waals surface area contributed by atoms with E-state index >= 15 is 0 Å².